The van der Waals surface area contributed by atoms with Crippen LogP contribution in [0.25, 0.3) is 0 Å². The van der Waals surface area contributed by atoms with Crippen molar-refractivity contribution in [2.75, 3.05) is 6.54 Å². The van der Waals surface area contributed by atoms with E-state index in [1.165, 1.54) is 0 Å². The standard InChI is InChI=1S/C12H16BrN5O/c1-9-4-6-15-18(9)7-3-5-14-12(19)11-10(13)8-16-17(11)2/h4,6,8H,3,5,7H2,1-2H3,(H,14,19). The van der Waals surface area contributed by atoms with Crippen LogP contribution in [0.3, 0.4) is 0 Å². The number of hydrogen-bond acceptors (Lipinski definition) is 3. The van der Waals surface area contributed by atoms with Gasteiger partial charge in [-0.3, -0.25) is 14.2 Å². The molecule has 6 nitrogen and oxygen atoms in total. The Kier molecular flexibility index (Phi) is 4.36. The van der Waals surface area contributed by atoms with Crippen LogP contribution in [0, 0.1) is 6.92 Å². The molecule has 0 radical (unpaired) electrons. The largest absolute Gasteiger partial charge is 0.351 e. The lowest BCUT2D eigenvalue weighted by molar-refractivity contribution is 0.0942. The van der Waals surface area contributed by atoms with Crippen molar-refractivity contribution in [1.82, 2.24) is 24.9 Å². The average Bonchev–Trinajstić information content (AvgIpc) is 2.92. The molecule has 1 N–H and O–H groups in total. The van der Waals surface area contributed by atoms with E-state index in [1.54, 1.807) is 24.1 Å². The van der Waals surface area contributed by atoms with Crippen molar-refractivity contribution < 1.29 is 4.79 Å². The van der Waals surface area contributed by atoms with Crippen LogP contribution in [0.2, 0.25) is 0 Å². The lowest BCUT2D eigenvalue weighted by Crippen LogP contribution is -2.27. The number of aryl methyl sites for hydroxylation is 3. The fourth-order valence-electron chi connectivity index (χ4n) is 1.81. The minimum absolute atomic E-state index is 0.121. The van der Waals surface area contributed by atoms with Crippen LogP contribution >= 0.6 is 15.9 Å². The quantitative estimate of drug-likeness (QED) is 0.847. The molecule has 0 fully saturated rings. The van der Waals surface area contributed by atoms with E-state index >= 15 is 0 Å². The van der Waals surface area contributed by atoms with Gasteiger partial charge in [-0.25, -0.2) is 0 Å². The summed E-state index contributed by atoms with van der Waals surface area (Å²) < 4.78 is 4.18. The summed E-state index contributed by atoms with van der Waals surface area (Å²) in [5.74, 6) is -0.121. The molecule has 102 valence electrons. The summed E-state index contributed by atoms with van der Waals surface area (Å²) in [6, 6.07) is 1.96. The smallest absolute Gasteiger partial charge is 0.270 e. The molecule has 0 atom stereocenters. The summed E-state index contributed by atoms with van der Waals surface area (Å²) in [5, 5.41) is 11.1. The van der Waals surface area contributed by atoms with E-state index < -0.39 is 0 Å². The molecule has 1 amide bonds. The molecule has 2 rings (SSSR count). The Morgan fingerprint density at radius 1 is 1.47 bits per heavy atom. The zero-order valence-corrected chi connectivity index (χ0v) is 12.5. The predicted molar refractivity (Wildman–Crippen MR) is 74.8 cm³/mol. The van der Waals surface area contributed by atoms with Crippen LogP contribution in [0.4, 0.5) is 0 Å². The first-order valence-corrected chi connectivity index (χ1v) is 6.83. The number of carbonyl (C=O) groups excluding carboxylic acids is 1. The highest BCUT2D eigenvalue weighted by molar-refractivity contribution is 9.10. The molecular formula is C12H16BrN5O. The Balaban J connectivity index is 1.80. The average molecular weight is 326 g/mol. The highest BCUT2D eigenvalue weighted by Crippen LogP contribution is 2.14. The van der Waals surface area contributed by atoms with Gasteiger partial charge in [-0.15, -0.1) is 0 Å². The van der Waals surface area contributed by atoms with Gasteiger partial charge in [0.25, 0.3) is 5.91 Å². The van der Waals surface area contributed by atoms with Gasteiger partial charge >= 0.3 is 0 Å². The van der Waals surface area contributed by atoms with E-state index in [-0.39, 0.29) is 5.91 Å². The van der Waals surface area contributed by atoms with E-state index in [0.29, 0.717) is 16.7 Å². The van der Waals surface area contributed by atoms with Crippen molar-refractivity contribution in [1.29, 1.82) is 0 Å². The summed E-state index contributed by atoms with van der Waals surface area (Å²) in [6.45, 7) is 3.42. The minimum Gasteiger partial charge on any atom is -0.351 e. The van der Waals surface area contributed by atoms with Crippen LogP contribution in [0.15, 0.2) is 22.9 Å². The molecule has 0 bridgehead atoms. The number of nitrogens with zero attached hydrogens (tertiary/aromatic N) is 4. The van der Waals surface area contributed by atoms with Crippen LogP contribution in [0.1, 0.15) is 22.6 Å². The van der Waals surface area contributed by atoms with Crippen molar-refractivity contribution in [3.63, 3.8) is 0 Å². The SMILES string of the molecule is Cc1ccnn1CCCNC(=O)c1c(Br)cnn1C. The van der Waals surface area contributed by atoms with Crippen molar-refractivity contribution in [2.45, 2.75) is 19.9 Å². The first-order chi connectivity index (χ1) is 9.09. The first-order valence-electron chi connectivity index (χ1n) is 6.03. The molecule has 7 heteroatoms. The summed E-state index contributed by atoms with van der Waals surface area (Å²) >= 11 is 3.31. The van der Waals surface area contributed by atoms with E-state index in [1.807, 2.05) is 17.7 Å². The Morgan fingerprint density at radius 3 is 2.84 bits per heavy atom. The van der Waals surface area contributed by atoms with Crippen molar-refractivity contribution in [3.05, 3.63) is 34.3 Å². The summed E-state index contributed by atoms with van der Waals surface area (Å²) in [7, 11) is 1.74. The second kappa shape index (κ2) is 6.01. The molecule has 19 heavy (non-hydrogen) atoms. The molecule has 0 unspecified atom stereocenters. The molecule has 0 aliphatic rings. The van der Waals surface area contributed by atoms with Gasteiger partial charge in [-0.2, -0.15) is 10.2 Å². The van der Waals surface area contributed by atoms with Crippen molar-refractivity contribution >= 4 is 21.8 Å². The number of aromatic nitrogens is 4. The Labute approximate surface area is 119 Å². The topological polar surface area (TPSA) is 64.7 Å². The fraction of sp³-hybridized carbons (Fsp3) is 0.417. The number of amides is 1. The lowest BCUT2D eigenvalue weighted by Gasteiger charge is -2.07. The molecule has 0 saturated carbocycles. The molecule has 2 aromatic heterocycles. The Bertz CT molecular complexity index is 555. The number of hydrogen-bond donors (Lipinski definition) is 1. The Hall–Kier alpha value is -1.63. The van der Waals surface area contributed by atoms with Gasteiger partial charge in [0.05, 0.1) is 10.7 Å². The zero-order chi connectivity index (χ0) is 13.8. The third kappa shape index (κ3) is 3.23. The van der Waals surface area contributed by atoms with Crippen molar-refractivity contribution in [3.8, 4) is 0 Å². The van der Waals surface area contributed by atoms with Crippen LogP contribution in [-0.2, 0) is 13.6 Å². The molecule has 0 aliphatic carbocycles. The van der Waals surface area contributed by atoms with Gasteiger partial charge in [0.15, 0.2) is 0 Å². The number of rotatable bonds is 5. The summed E-state index contributed by atoms with van der Waals surface area (Å²) in [6.07, 6.45) is 4.23. The monoisotopic (exact) mass is 325 g/mol. The van der Waals surface area contributed by atoms with Gasteiger partial charge in [0.2, 0.25) is 0 Å². The van der Waals surface area contributed by atoms with Gasteiger partial charge in [-0.05, 0) is 35.3 Å². The first kappa shape index (κ1) is 13.8. The van der Waals surface area contributed by atoms with Gasteiger partial charge in [-0.1, -0.05) is 0 Å². The van der Waals surface area contributed by atoms with Crippen LogP contribution < -0.4 is 5.32 Å². The normalized spacial score (nSPS) is 10.7. The zero-order valence-electron chi connectivity index (χ0n) is 10.9. The van der Waals surface area contributed by atoms with Crippen molar-refractivity contribution in [2.24, 2.45) is 7.05 Å². The highest BCUT2D eigenvalue weighted by atomic mass is 79.9. The third-order valence-electron chi connectivity index (χ3n) is 2.87. The minimum atomic E-state index is -0.121. The van der Waals surface area contributed by atoms with E-state index in [0.717, 1.165) is 18.7 Å². The van der Waals surface area contributed by atoms with E-state index in [9.17, 15) is 4.79 Å². The Morgan fingerprint density at radius 2 is 2.26 bits per heavy atom. The molecule has 2 aromatic rings. The maximum absolute atomic E-state index is 12.0. The number of nitrogens with one attached hydrogen (secondary N) is 1. The number of halogens is 1. The predicted octanol–water partition coefficient (Wildman–Crippen LogP) is 1.51. The molecule has 2 heterocycles. The van der Waals surface area contributed by atoms with Crippen LogP contribution in [0.5, 0.6) is 0 Å². The highest BCUT2D eigenvalue weighted by Gasteiger charge is 2.14. The van der Waals surface area contributed by atoms with E-state index in [2.05, 4.69) is 31.4 Å². The molecular weight excluding hydrogens is 310 g/mol. The second-order valence-electron chi connectivity index (χ2n) is 4.27. The second-order valence-corrected chi connectivity index (χ2v) is 5.12. The summed E-state index contributed by atoms with van der Waals surface area (Å²) in [4.78, 5) is 12.0. The molecule has 0 saturated heterocycles. The lowest BCUT2D eigenvalue weighted by atomic mass is 10.3. The maximum Gasteiger partial charge on any atom is 0.270 e. The van der Waals surface area contributed by atoms with E-state index in [4.69, 9.17) is 0 Å². The maximum atomic E-state index is 12.0. The van der Waals surface area contributed by atoms with Gasteiger partial charge < -0.3 is 5.32 Å². The molecule has 0 aromatic carbocycles. The molecule has 0 aliphatic heterocycles. The molecule has 0 spiro atoms. The van der Waals surface area contributed by atoms with Gasteiger partial charge in [0.1, 0.15) is 5.69 Å². The van der Waals surface area contributed by atoms with Gasteiger partial charge in [0, 0.05) is 32.0 Å². The number of carbonyl (C=O) groups is 1. The third-order valence-corrected chi connectivity index (χ3v) is 3.45. The summed E-state index contributed by atoms with van der Waals surface area (Å²) in [5.41, 5.74) is 1.66. The van der Waals surface area contributed by atoms with Crippen LogP contribution in [-0.4, -0.2) is 32.0 Å². The fourth-order valence-corrected chi connectivity index (χ4v) is 2.34.